The first-order valence-electron chi connectivity index (χ1n) is 8.65. The third kappa shape index (κ3) is 4.87. The summed E-state index contributed by atoms with van der Waals surface area (Å²) in [4.78, 5) is 21.1. The minimum absolute atomic E-state index is 0.00913. The lowest BCUT2D eigenvalue weighted by molar-refractivity contribution is -0.123. The van der Waals surface area contributed by atoms with E-state index in [1.165, 1.54) is 0 Å². The van der Waals surface area contributed by atoms with Crippen LogP contribution in [0.2, 0.25) is 10.0 Å². The molecule has 0 radical (unpaired) electrons. The van der Waals surface area contributed by atoms with Gasteiger partial charge >= 0.3 is 0 Å². The zero-order valence-electron chi connectivity index (χ0n) is 14.7. The Hall–Kier alpha value is -1.82. The average molecular weight is 393 g/mol. The molecule has 138 valence electrons. The van der Waals surface area contributed by atoms with Crippen molar-refractivity contribution < 1.29 is 4.79 Å². The average Bonchev–Trinajstić information content (AvgIpc) is 2.65. The van der Waals surface area contributed by atoms with Gasteiger partial charge in [0, 0.05) is 32.4 Å². The summed E-state index contributed by atoms with van der Waals surface area (Å²) in [7, 11) is 0. The Morgan fingerprint density at radius 2 is 1.92 bits per heavy atom. The number of benzene rings is 1. The summed E-state index contributed by atoms with van der Waals surface area (Å²) in [5.41, 5.74) is 0.938. The van der Waals surface area contributed by atoms with Gasteiger partial charge in [-0.05, 0) is 36.8 Å². The first-order chi connectivity index (χ1) is 12.5. The van der Waals surface area contributed by atoms with E-state index in [1.807, 2.05) is 31.2 Å². The molecule has 0 aliphatic carbocycles. The van der Waals surface area contributed by atoms with Crippen LogP contribution in [0.1, 0.15) is 18.5 Å². The van der Waals surface area contributed by atoms with Crippen LogP contribution >= 0.6 is 23.2 Å². The number of anilines is 1. The Labute approximate surface area is 163 Å². The van der Waals surface area contributed by atoms with Crippen molar-refractivity contribution in [1.29, 1.82) is 0 Å². The van der Waals surface area contributed by atoms with Crippen LogP contribution in [0.25, 0.3) is 0 Å². The van der Waals surface area contributed by atoms with E-state index in [-0.39, 0.29) is 11.9 Å². The lowest BCUT2D eigenvalue weighted by atomic mass is 10.1. The van der Waals surface area contributed by atoms with E-state index in [0.717, 1.165) is 37.6 Å². The Balaban J connectivity index is 1.47. The van der Waals surface area contributed by atoms with Gasteiger partial charge in [-0.25, -0.2) is 4.98 Å². The molecule has 1 aromatic heterocycles. The fourth-order valence-electron chi connectivity index (χ4n) is 3.03. The Morgan fingerprint density at radius 1 is 1.15 bits per heavy atom. The van der Waals surface area contributed by atoms with Crippen LogP contribution in [0.15, 0.2) is 42.6 Å². The second-order valence-electron chi connectivity index (χ2n) is 6.41. The van der Waals surface area contributed by atoms with Gasteiger partial charge in [0.2, 0.25) is 5.91 Å². The third-order valence-electron chi connectivity index (χ3n) is 4.53. The van der Waals surface area contributed by atoms with Crippen molar-refractivity contribution in [2.75, 3.05) is 37.6 Å². The van der Waals surface area contributed by atoms with Crippen molar-refractivity contribution in [3.8, 4) is 0 Å². The number of halogens is 2. The maximum Gasteiger partial charge on any atom is 0.234 e. The van der Waals surface area contributed by atoms with Crippen LogP contribution in [-0.2, 0) is 4.79 Å². The zero-order valence-corrected chi connectivity index (χ0v) is 16.2. The zero-order chi connectivity index (χ0) is 18.5. The largest absolute Gasteiger partial charge is 0.354 e. The maximum absolute atomic E-state index is 12.4. The minimum Gasteiger partial charge on any atom is -0.354 e. The number of carbonyl (C=O) groups excluding carboxylic acids is 1. The molecule has 2 aromatic rings. The Morgan fingerprint density at radius 3 is 2.58 bits per heavy atom. The minimum atomic E-state index is -0.118. The molecule has 0 saturated carbocycles. The number of nitrogens with one attached hydrogen (secondary N) is 1. The highest BCUT2D eigenvalue weighted by Gasteiger charge is 2.20. The van der Waals surface area contributed by atoms with Crippen molar-refractivity contribution in [3.63, 3.8) is 0 Å². The highest BCUT2D eigenvalue weighted by atomic mass is 35.5. The molecule has 1 amide bonds. The van der Waals surface area contributed by atoms with E-state index >= 15 is 0 Å². The van der Waals surface area contributed by atoms with Crippen molar-refractivity contribution in [3.05, 3.63) is 58.2 Å². The van der Waals surface area contributed by atoms with Gasteiger partial charge in [0.1, 0.15) is 5.82 Å². The number of piperazine rings is 1. The van der Waals surface area contributed by atoms with Crippen molar-refractivity contribution in [2.24, 2.45) is 0 Å². The normalized spacial score (nSPS) is 16.3. The highest BCUT2D eigenvalue weighted by molar-refractivity contribution is 6.42. The number of aromatic nitrogens is 1. The fraction of sp³-hybridized carbons (Fsp3) is 0.368. The molecule has 5 nitrogen and oxygen atoms in total. The summed E-state index contributed by atoms with van der Waals surface area (Å²) >= 11 is 12.0. The second-order valence-corrected chi connectivity index (χ2v) is 7.23. The van der Waals surface area contributed by atoms with E-state index in [0.29, 0.717) is 16.6 Å². The van der Waals surface area contributed by atoms with Crippen molar-refractivity contribution >= 4 is 34.9 Å². The van der Waals surface area contributed by atoms with E-state index in [4.69, 9.17) is 23.2 Å². The molecule has 7 heteroatoms. The first kappa shape index (κ1) is 19.0. The molecule has 0 bridgehead atoms. The number of amides is 1. The van der Waals surface area contributed by atoms with Gasteiger partial charge in [-0.2, -0.15) is 0 Å². The molecule has 3 rings (SSSR count). The van der Waals surface area contributed by atoms with Gasteiger partial charge in [-0.15, -0.1) is 0 Å². The van der Waals surface area contributed by atoms with E-state index in [9.17, 15) is 4.79 Å². The van der Waals surface area contributed by atoms with Crippen LogP contribution in [0, 0.1) is 0 Å². The standard InChI is InChI=1S/C19H22Cl2N4O/c1-14(15-5-6-16(20)17(21)12-15)23-19(26)13-24-8-10-25(11-9-24)18-4-2-3-7-22-18/h2-7,12,14H,8-11,13H2,1H3,(H,23,26)/t14-/m1/s1. The lowest BCUT2D eigenvalue weighted by Gasteiger charge is -2.35. The van der Waals surface area contributed by atoms with Crippen LogP contribution in [0.5, 0.6) is 0 Å². The molecule has 2 heterocycles. The fourth-order valence-corrected chi connectivity index (χ4v) is 3.34. The summed E-state index contributed by atoms with van der Waals surface area (Å²) in [6.07, 6.45) is 1.81. The molecule has 1 atom stereocenters. The summed E-state index contributed by atoms with van der Waals surface area (Å²) in [6, 6.07) is 11.2. The number of carbonyl (C=O) groups is 1. The molecular weight excluding hydrogens is 371 g/mol. The number of hydrogen-bond acceptors (Lipinski definition) is 4. The SMILES string of the molecule is C[C@@H](NC(=O)CN1CCN(c2ccccn2)CC1)c1ccc(Cl)c(Cl)c1. The van der Waals surface area contributed by atoms with Gasteiger partial charge in [0.15, 0.2) is 0 Å². The molecule has 1 aromatic carbocycles. The molecule has 1 aliphatic heterocycles. The Bertz CT molecular complexity index is 748. The predicted molar refractivity (Wildman–Crippen MR) is 106 cm³/mol. The number of hydrogen-bond donors (Lipinski definition) is 1. The third-order valence-corrected chi connectivity index (χ3v) is 5.27. The molecule has 0 spiro atoms. The number of pyridine rings is 1. The van der Waals surface area contributed by atoms with Gasteiger partial charge in [-0.1, -0.05) is 35.3 Å². The molecule has 1 N–H and O–H groups in total. The van der Waals surface area contributed by atoms with E-state index in [1.54, 1.807) is 18.3 Å². The van der Waals surface area contributed by atoms with Gasteiger partial charge in [0.05, 0.1) is 22.6 Å². The van der Waals surface area contributed by atoms with E-state index < -0.39 is 0 Å². The summed E-state index contributed by atoms with van der Waals surface area (Å²) < 4.78 is 0. The number of rotatable bonds is 5. The van der Waals surface area contributed by atoms with Crippen molar-refractivity contribution in [1.82, 2.24) is 15.2 Å². The maximum atomic E-state index is 12.4. The monoisotopic (exact) mass is 392 g/mol. The molecular formula is C19H22Cl2N4O. The molecule has 1 saturated heterocycles. The molecule has 1 aliphatic rings. The van der Waals surface area contributed by atoms with Gasteiger partial charge in [-0.3, -0.25) is 9.69 Å². The summed E-state index contributed by atoms with van der Waals surface area (Å²) in [6.45, 7) is 5.74. The van der Waals surface area contributed by atoms with E-state index in [2.05, 4.69) is 20.1 Å². The molecule has 0 unspecified atom stereocenters. The lowest BCUT2D eigenvalue weighted by Crippen LogP contribution is -2.49. The van der Waals surface area contributed by atoms with Crippen LogP contribution in [-0.4, -0.2) is 48.5 Å². The highest BCUT2D eigenvalue weighted by Crippen LogP contribution is 2.25. The summed E-state index contributed by atoms with van der Waals surface area (Å²) in [5, 5.41) is 4.03. The first-order valence-corrected chi connectivity index (χ1v) is 9.41. The topological polar surface area (TPSA) is 48.5 Å². The Kier molecular flexibility index (Phi) is 6.35. The predicted octanol–water partition coefficient (Wildman–Crippen LogP) is 3.39. The van der Waals surface area contributed by atoms with Gasteiger partial charge < -0.3 is 10.2 Å². The van der Waals surface area contributed by atoms with Crippen LogP contribution in [0.4, 0.5) is 5.82 Å². The quantitative estimate of drug-likeness (QED) is 0.846. The molecule has 1 fully saturated rings. The van der Waals surface area contributed by atoms with Crippen LogP contribution in [0.3, 0.4) is 0 Å². The molecule has 26 heavy (non-hydrogen) atoms. The second kappa shape index (κ2) is 8.71. The number of nitrogens with zero attached hydrogens (tertiary/aromatic N) is 3. The van der Waals surface area contributed by atoms with Crippen LogP contribution < -0.4 is 10.2 Å². The summed E-state index contributed by atoms with van der Waals surface area (Å²) in [5.74, 6) is 1.000. The van der Waals surface area contributed by atoms with Crippen molar-refractivity contribution in [2.45, 2.75) is 13.0 Å². The smallest absolute Gasteiger partial charge is 0.234 e. The van der Waals surface area contributed by atoms with Gasteiger partial charge in [0.25, 0.3) is 0 Å².